The molecule has 3 aliphatic heterocycles. The van der Waals surface area contributed by atoms with Gasteiger partial charge in [0, 0.05) is 33.5 Å². The number of rotatable bonds is 6. The number of hydrogen-bond acceptors (Lipinski definition) is 2. The van der Waals surface area contributed by atoms with Crippen LogP contribution >= 0.6 is 0 Å². The van der Waals surface area contributed by atoms with Crippen molar-refractivity contribution in [2.75, 3.05) is 0 Å². The van der Waals surface area contributed by atoms with Crippen LogP contribution in [0, 0.1) is 0 Å². The maximum absolute atomic E-state index is 3.92. The number of allylic oxidation sites excluding steroid dienone is 2. The Balaban J connectivity index is 1.79. The van der Waals surface area contributed by atoms with Crippen LogP contribution in [0.25, 0.3) is 24.3 Å². The van der Waals surface area contributed by atoms with Crippen molar-refractivity contribution in [1.82, 2.24) is 20.6 Å². The monoisotopic (exact) mass is 482 g/mol. The molecule has 0 aliphatic carbocycles. The molecule has 2 atom stereocenters. The van der Waals surface area contributed by atoms with Crippen molar-refractivity contribution in [2.24, 2.45) is 0 Å². The third kappa shape index (κ3) is 4.11. The summed E-state index contributed by atoms with van der Waals surface area (Å²) in [6, 6.07) is 0.400. The summed E-state index contributed by atoms with van der Waals surface area (Å²) in [7, 11) is 0. The van der Waals surface area contributed by atoms with E-state index in [1.165, 1.54) is 61.2 Å². The zero-order chi connectivity index (χ0) is 25.4. The van der Waals surface area contributed by atoms with Crippen LogP contribution in [0.3, 0.4) is 0 Å². The molecule has 4 nitrogen and oxygen atoms in total. The van der Waals surface area contributed by atoms with E-state index in [9.17, 15) is 0 Å². The Morgan fingerprint density at radius 3 is 1.89 bits per heavy atom. The van der Waals surface area contributed by atoms with Crippen molar-refractivity contribution in [3.63, 3.8) is 0 Å². The Labute approximate surface area is 216 Å². The summed E-state index contributed by atoms with van der Waals surface area (Å²) in [4.78, 5) is 7.62. The summed E-state index contributed by atoms with van der Waals surface area (Å²) in [6.45, 7) is 13.7. The molecule has 0 saturated heterocycles. The van der Waals surface area contributed by atoms with Crippen LogP contribution in [-0.4, -0.2) is 22.1 Å². The van der Waals surface area contributed by atoms with E-state index in [2.05, 4.69) is 98.6 Å². The molecule has 0 radical (unpaired) electrons. The van der Waals surface area contributed by atoms with E-state index in [1.54, 1.807) is 0 Å². The van der Waals surface area contributed by atoms with Crippen molar-refractivity contribution in [3.8, 4) is 0 Å². The molecule has 4 N–H and O–H groups in total. The average Bonchev–Trinajstić information content (AvgIpc) is 3.62. The van der Waals surface area contributed by atoms with Gasteiger partial charge in [-0.2, -0.15) is 0 Å². The van der Waals surface area contributed by atoms with Gasteiger partial charge in [-0.3, -0.25) is 0 Å². The van der Waals surface area contributed by atoms with Gasteiger partial charge in [-0.25, -0.2) is 0 Å². The third-order valence-corrected chi connectivity index (χ3v) is 8.20. The molecule has 0 aromatic carbocycles. The number of aromatic nitrogens is 2. The minimum atomic E-state index is 0.185. The minimum Gasteiger partial charge on any atom is -0.375 e. The first-order chi connectivity index (χ1) is 17.5. The SMILES string of the molecule is CCC1=C(CC)C2/C=c3\[nH]/c(c(CC)c3CC)=C\C3C=C/C(=C/c4[nH]c(c(CC)c4CC)C=C1N2)N3. The molecule has 0 amide bonds. The summed E-state index contributed by atoms with van der Waals surface area (Å²) in [5, 5.41) is 10.2. The summed E-state index contributed by atoms with van der Waals surface area (Å²) in [5.41, 5.74) is 13.6. The van der Waals surface area contributed by atoms with Gasteiger partial charge in [-0.15, -0.1) is 0 Å². The molecule has 5 heterocycles. The number of fused-ring (bicyclic) bond motifs is 8. The highest BCUT2D eigenvalue weighted by Gasteiger charge is 2.26. The molecular formula is C32H42N4. The molecule has 5 rings (SSSR count). The first-order valence-corrected chi connectivity index (χ1v) is 14.1. The molecule has 2 aromatic rings. The lowest BCUT2D eigenvalue weighted by molar-refractivity contribution is 0.814. The van der Waals surface area contributed by atoms with Crippen LogP contribution in [0.1, 0.15) is 88.0 Å². The van der Waals surface area contributed by atoms with E-state index in [0.29, 0.717) is 0 Å². The fourth-order valence-corrected chi connectivity index (χ4v) is 6.54. The predicted octanol–water partition coefficient (Wildman–Crippen LogP) is 5.17. The molecule has 190 valence electrons. The van der Waals surface area contributed by atoms with E-state index < -0.39 is 0 Å². The van der Waals surface area contributed by atoms with Gasteiger partial charge in [-0.05, 0) is 102 Å². The summed E-state index contributed by atoms with van der Waals surface area (Å²) in [6.07, 6.45) is 20.2. The molecule has 4 heteroatoms. The number of H-pyrrole nitrogens is 2. The van der Waals surface area contributed by atoms with Crippen LogP contribution in [0.4, 0.5) is 0 Å². The van der Waals surface area contributed by atoms with Gasteiger partial charge in [0.25, 0.3) is 0 Å². The van der Waals surface area contributed by atoms with Gasteiger partial charge >= 0.3 is 0 Å². The summed E-state index contributed by atoms with van der Waals surface area (Å²) >= 11 is 0. The van der Waals surface area contributed by atoms with E-state index in [4.69, 9.17) is 0 Å². The van der Waals surface area contributed by atoms with Crippen molar-refractivity contribution >= 4 is 24.3 Å². The minimum absolute atomic E-state index is 0.185. The Morgan fingerprint density at radius 2 is 1.28 bits per heavy atom. The van der Waals surface area contributed by atoms with E-state index >= 15 is 0 Å². The molecule has 2 unspecified atom stereocenters. The highest BCUT2D eigenvalue weighted by Crippen LogP contribution is 2.33. The third-order valence-electron chi connectivity index (χ3n) is 8.20. The molecule has 3 aliphatic rings. The molecular weight excluding hydrogens is 440 g/mol. The molecule has 36 heavy (non-hydrogen) atoms. The standard InChI is InChI=1S/C32H42N4/c1-7-21-23(9-3)29-17-31-25(11-5)26(12-6)32(36-31)18-30-24(10-4)22(8-2)28(35-30)16-20-14-13-19(33-20)15-27(21)34-29/h13-19,31,33-36H,7-12H2,1-6H3/b20-16-,27-15-,29-17-,32-18?. The Hall–Kier alpha value is -3.14. The van der Waals surface area contributed by atoms with Gasteiger partial charge in [0.05, 0.1) is 12.1 Å². The quantitative estimate of drug-likeness (QED) is 0.459. The highest BCUT2D eigenvalue weighted by atomic mass is 15.0. The lowest BCUT2D eigenvalue weighted by atomic mass is 9.98. The second kappa shape index (κ2) is 10.1. The van der Waals surface area contributed by atoms with E-state index in [1.807, 2.05) is 0 Å². The van der Waals surface area contributed by atoms with E-state index in [-0.39, 0.29) is 12.1 Å². The maximum Gasteiger partial charge on any atom is 0.0687 e. The van der Waals surface area contributed by atoms with Gasteiger partial charge in [-0.1, -0.05) is 47.6 Å². The van der Waals surface area contributed by atoms with Crippen molar-refractivity contribution in [1.29, 1.82) is 0 Å². The highest BCUT2D eigenvalue weighted by molar-refractivity contribution is 5.69. The Kier molecular flexibility index (Phi) is 6.87. The smallest absolute Gasteiger partial charge is 0.0687 e. The van der Waals surface area contributed by atoms with Gasteiger partial charge in [0.15, 0.2) is 0 Å². The average molecular weight is 483 g/mol. The number of nitrogens with one attached hydrogen (secondary N) is 4. The Bertz CT molecular complexity index is 1400. The summed E-state index contributed by atoms with van der Waals surface area (Å²) in [5.74, 6) is 0. The van der Waals surface area contributed by atoms with Crippen LogP contribution in [-0.2, 0) is 25.7 Å². The van der Waals surface area contributed by atoms with E-state index in [0.717, 1.165) is 44.2 Å². The Morgan fingerprint density at radius 1 is 0.639 bits per heavy atom. The second-order valence-electron chi connectivity index (χ2n) is 10.1. The maximum atomic E-state index is 3.92. The molecule has 2 aromatic heterocycles. The normalized spacial score (nSPS) is 23.8. The van der Waals surface area contributed by atoms with Crippen LogP contribution in [0.2, 0.25) is 0 Å². The zero-order valence-electron chi connectivity index (χ0n) is 22.9. The predicted molar refractivity (Wildman–Crippen MR) is 154 cm³/mol. The number of hydrogen-bond donors (Lipinski definition) is 4. The van der Waals surface area contributed by atoms with Crippen LogP contribution in [0.15, 0.2) is 34.7 Å². The lowest BCUT2D eigenvalue weighted by Crippen LogP contribution is -2.26. The first-order valence-electron chi connectivity index (χ1n) is 14.1. The van der Waals surface area contributed by atoms with Crippen molar-refractivity contribution < 1.29 is 0 Å². The van der Waals surface area contributed by atoms with Gasteiger partial charge in [0.2, 0.25) is 0 Å². The molecule has 0 spiro atoms. The van der Waals surface area contributed by atoms with Crippen molar-refractivity contribution in [2.45, 2.75) is 92.2 Å². The zero-order valence-corrected chi connectivity index (χ0v) is 22.9. The van der Waals surface area contributed by atoms with Gasteiger partial charge in [0.1, 0.15) is 0 Å². The van der Waals surface area contributed by atoms with Crippen LogP contribution < -0.4 is 21.3 Å². The fourth-order valence-electron chi connectivity index (χ4n) is 6.54. The molecule has 0 fully saturated rings. The second-order valence-corrected chi connectivity index (χ2v) is 10.1. The molecule has 8 bridgehead atoms. The largest absolute Gasteiger partial charge is 0.375 e. The van der Waals surface area contributed by atoms with Gasteiger partial charge < -0.3 is 20.6 Å². The first kappa shape index (κ1) is 24.5. The lowest BCUT2D eigenvalue weighted by Gasteiger charge is -2.11. The number of aromatic amines is 2. The molecule has 0 saturated carbocycles. The van der Waals surface area contributed by atoms with Crippen LogP contribution in [0.5, 0.6) is 0 Å². The summed E-state index contributed by atoms with van der Waals surface area (Å²) < 4.78 is 0. The van der Waals surface area contributed by atoms with Crippen molar-refractivity contribution in [3.05, 3.63) is 79.0 Å². The fraction of sp³-hybridized carbons (Fsp3) is 0.438. The topological polar surface area (TPSA) is 55.6 Å².